The number of nitrogens with one attached hydrogen (secondary N) is 10. The van der Waals surface area contributed by atoms with Gasteiger partial charge in [-0.2, -0.15) is 11.8 Å². The van der Waals surface area contributed by atoms with Crippen molar-refractivity contribution in [3.63, 3.8) is 0 Å². The van der Waals surface area contributed by atoms with E-state index in [2.05, 4.69) is 62.8 Å². The SMILES string of the molecule is CSCC[C@H](NC(=O)[C@H](CCCCN)NC(=O)[C@@H](N)CCC(=O)O)C(=O)N[C@@H](CCC(=O)O)C(=O)N[C@@H](CCCCN)C(=O)N[C@@H](CCCN=C(N)N)C(=O)N[C@@H](CC(C)C)C(=O)N[C@@H](Cc1cnc[nH]1)C(=O)N[C@@H](C)C(=O)N[C@H](C(=O)O)C(C)C. The Morgan fingerprint density at radius 3 is 1.41 bits per heavy atom. The predicted octanol–water partition coefficient (Wildman–Crippen LogP) is -3.76. The first-order valence-corrected chi connectivity index (χ1v) is 30.0. The zero-order chi connectivity index (χ0) is 65.1. The Bertz CT molecular complexity index is 2400. The number of rotatable bonds is 45. The molecule has 10 atom stereocenters. The predicted molar refractivity (Wildman–Crippen MR) is 318 cm³/mol. The van der Waals surface area contributed by atoms with Crippen molar-refractivity contribution >= 4 is 88.8 Å². The Labute approximate surface area is 504 Å². The monoisotopic (exact) mass is 1240 g/mol. The largest absolute Gasteiger partial charge is 0.481 e. The summed E-state index contributed by atoms with van der Waals surface area (Å²) in [6, 6.07) is -13.7. The molecule has 1 aromatic rings. The van der Waals surface area contributed by atoms with Gasteiger partial charge in [0.15, 0.2) is 5.96 Å². The molecule has 86 heavy (non-hydrogen) atoms. The van der Waals surface area contributed by atoms with Gasteiger partial charge < -0.3 is 96.8 Å². The normalized spacial score (nSPS) is 14.6. The van der Waals surface area contributed by atoms with Crippen molar-refractivity contribution in [1.29, 1.82) is 0 Å². The molecule has 1 heterocycles. The van der Waals surface area contributed by atoms with Crippen LogP contribution in [0.2, 0.25) is 0 Å². The van der Waals surface area contributed by atoms with E-state index in [1.807, 2.05) is 0 Å². The second-order valence-electron chi connectivity index (χ2n) is 21.4. The van der Waals surface area contributed by atoms with Crippen LogP contribution < -0.4 is 76.5 Å². The lowest BCUT2D eigenvalue weighted by molar-refractivity contribution is -0.143. The maximum Gasteiger partial charge on any atom is 0.326 e. The van der Waals surface area contributed by atoms with Crippen LogP contribution in [0.1, 0.15) is 130 Å². The summed E-state index contributed by atoms with van der Waals surface area (Å²) in [4.78, 5) is 171. The number of aromatic amines is 1. The van der Waals surface area contributed by atoms with Gasteiger partial charge in [-0.05, 0) is 121 Å². The number of thioether (sulfide) groups is 1. The van der Waals surface area contributed by atoms with E-state index in [-0.39, 0.29) is 89.3 Å². The molecule has 0 radical (unpaired) electrons. The topological polar surface area (TPSA) is 545 Å². The molecule has 1 rings (SSSR count). The van der Waals surface area contributed by atoms with E-state index < -0.39 is 157 Å². The molecule has 0 bridgehead atoms. The van der Waals surface area contributed by atoms with Crippen LogP contribution in [0.25, 0.3) is 0 Å². The Hall–Kier alpha value is -7.65. The molecule has 0 fully saturated rings. The van der Waals surface area contributed by atoms with Crippen LogP contribution in [-0.4, -0.2) is 194 Å². The van der Waals surface area contributed by atoms with Gasteiger partial charge >= 0.3 is 17.9 Å². The van der Waals surface area contributed by atoms with Gasteiger partial charge in [0, 0.05) is 37.7 Å². The fourth-order valence-electron chi connectivity index (χ4n) is 8.36. The number of unbranched alkanes of at least 4 members (excludes halogenated alkanes) is 2. The smallest absolute Gasteiger partial charge is 0.326 e. The summed E-state index contributed by atoms with van der Waals surface area (Å²) in [6.07, 6.45) is 3.81. The Balaban J connectivity index is 3.65. The number of nitrogens with zero attached hydrogens (tertiary/aromatic N) is 2. The van der Waals surface area contributed by atoms with Crippen molar-refractivity contribution in [2.24, 2.45) is 45.5 Å². The number of carboxylic acid groups (broad SMARTS) is 3. The van der Waals surface area contributed by atoms with Crippen molar-refractivity contribution in [2.45, 2.75) is 191 Å². The number of guanidine groups is 1. The van der Waals surface area contributed by atoms with Gasteiger partial charge in [-0.3, -0.25) is 57.7 Å². The van der Waals surface area contributed by atoms with Gasteiger partial charge in [-0.1, -0.05) is 27.7 Å². The highest BCUT2D eigenvalue weighted by Crippen LogP contribution is 2.13. The number of H-pyrrole nitrogens is 1. The van der Waals surface area contributed by atoms with Gasteiger partial charge in [0.25, 0.3) is 0 Å². The van der Waals surface area contributed by atoms with E-state index in [1.165, 1.54) is 31.2 Å². The van der Waals surface area contributed by atoms with Crippen LogP contribution in [0.15, 0.2) is 17.5 Å². The number of carboxylic acids is 3. The number of aromatic nitrogens is 2. The molecule has 0 spiro atoms. The molecule has 0 aliphatic heterocycles. The van der Waals surface area contributed by atoms with Crippen LogP contribution >= 0.6 is 11.8 Å². The van der Waals surface area contributed by atoms with Crippen LogP contribution in [-0.2, 0) is 64.0 Å². The average Bonchev–Trinajstić information content (AvgIpc) is 3.46. The minimum Gasteiger partial charge on any atom is -0.481 e. The number of aliphatic imine (C=N–C) groups is 1. The molecule has 486 valence electrons. The molecular formula is C53H93N17O15S. The van der Waals surface area contributed by atoms with E-state index in [0.717, 1.165) is 0 Å². The fourth-order valence-corrected chi connectivity index (χ4v) is 8.83. The summed E-state index contributed by atoms with van der Waals surface area (Å²) in [5.41, 5.74) is 28.8. The highest BCUT2D eigenvalue weighted by Gasteiger charge is 2.36. The molecule has 32 nitrogen and oxygen atoms in total. The maximum atomic E-state index is 14.5. The Morgan fingerprint density at radius 2 is 0.977 bits per heavy atom. The van der Waals surface area contributed by atoms with Gasteiger partial charge in [-0.15, -0.1) is 0 Å². The third-order valence-corrected chi connectivity index (χ3v) is 13.8. The third kappa shape index (κ3) is 30.9. The maximum absolute atomic E-state index is 14.5. The third-order valence-electron chi connectivity index (χ3n) is 13.2. The van der Waals surface area contributed by atoms with Gasteiger partial charge in [0.1, 0.15) is 54.4 Å². The molecule has 33 heteroatoms. The lowest BCUT2D eigenvalue weighted by Crippen LogP contribution is -2.60. The first kappa shape index (κ1) is 76.4. The molecule has 0 aliphatic rings. The first-order valence-electron chi connectivity index (χ1n) is 28.6. The average molecular weight is 1240 g/mol. The zero-order valence-corrected chi connectivity index (χ0v) is 50.8. The van der Waals surface area contributed by atoms with E-state index in [1.54, 1.807) is 34.0 Å². The molecule has 0 saturated carbocycles. The molecule has 0 aliphatic carbocycles. The highest BCUT2D eigenvalue weighted by atomic mass is 32.2. The quantitative estimate of drug-likeness (QED) is 0.0169. The standard InChI is InChI=1S/C53H93N17O15S/c1-28(2)24-38(51(83)69-39(25-31-26-59-27-61-31)50(82)62-30(5)43(75)70-42(29(3)4)52(84)85)68-47(79)35(14-11-22-60-53(57)58)65-46(78)34(13-8-10-21-55)64-48(80)36(16-18-41(73)74)66-49(81)37(19-23-86-6)67-45(77)33(12-7-9-20-54)63-44(76)32(56)15-17-40(71)72/h26-30,32-39,42H,7-25,54-56H2,1-6H3,(H,59,61)(H,62,82)(H,63,76)(H,64,80)(H,65,78)(H,66,81)(H,67,77)(H,68,79)(H,69,83)(H,70,75)(H,71,72)(H,73,74)(H,84,85)(H4,57,58,60)/t30-,32-,33-,34-,35-,36-,37-,38-,39-,42-/m0/s1. The number of imidazole rings is 1. The number of hydrogen-bond acceptors (Lipinski definition) is 18. The van der Waals surface area contributed by atoms with Gasteiger partial charge in [-0.25, -0.2) is 9.78 Å². The number of nitrogens with two attached hydrogens (primary N) is 5. The number of carbonyl (C=O) groups is 12. The number of aliphatic carboxylic acids is 3. The summed E-state index contributed by atoms with van der Waals surface area (Å²) in [5.74, 6) is -12.4. The van der Waals surface area contributed by atoms with E-state index in [4.69, 9.17) is 33.8 Å². The number of carbonyl (C=O) groups excluding carboxylic acids is 9. The van der Waals surface area contributed by atoms with Crippen LogP contribution in [0, 0.1) is 11.8 Å². The van der Waals surface area contributed by atoms with Crippen molar-refractivity contribution in [3.8, 4) is 0 Å². The molecule has 0 saturated heterocycles. The summed E-state index contributed by atoms with van der Waals surface area (Å²) in [5, 5.41) is 51.5. The van der Waals surface area contributed by atoms with Crippen molar-refractivity contribution in [3.05, 3.63) is 18.2 Å². The molecule has 23 N–H and O–H groups in total. The molecule has 0 unspecified atom stereocenters. The number of hydrogen-bond donors (Lipinski definition) is 18. The first-order chi connectivity index (χ1) is 40.5. The number of amides is 9. The Morgan fingerprint density at radius 1 is 0.547 bits per heavy atom. The molecule has 0 aromatic carbocycles. The molecular weight excluding hydrogens is 1150 g/mol. The van der Waals surface area contributed by atoms with Crippen molar-refractivity contribution in [2.75, 3.05) is 31.6 Å². The van der Waals surface area contributed by atoms with Gasteiger partial charge in [0.05, 0.1) is 12.4 Å². The minimum absolute atomic E-state index is 0.00487. The second-order valence-corrected chi connectivity index (χ2v) is 22.4. The fraction of sp³-hybridized carbons (Fsp3) is 0.698. The lowest BCUT2D eigenvalue weighted by atomic mass is 10.0. The van der Waals surface area contributed by atoms with E-state index in [0.29, 0.717) is 30.7 Å². The summed E-state index contributed by atoms with van der Waals surface area (Å²) in [6.45, 7) is 8.45. The van der Waals surface area contributed by atoms with E-state index in [9.17, 15) is 67.7 Å². The zero-order valence-electron chi connectivity index (χ0n) is 49.9. The van der Waals surface area contributed by atoms with Crippen molar-refractivity contribution < 1.29 is 72.9 Å². The Kier molecular flexibility index (Phi) is 36.8. The summed E-state index contributed by atoms with van der Waals surface area (Å²) >= 11 is 1.31. The van der Waals surface area contributed by atoms with Gasteiger partial charge in [0.2, 0.25) is 53.2 Å². The molecule has 1 aromatic heterocycles. The highest BCUT2D eigenvalue weighted by molar-refractivity contribution is 7.98. The summed E-state index contributed by atoms with van der Waals surface area (Å²) in [7, 11) is 0. The van der Waals surface area contributed by atoms with Crippen LogP contribution in [0.3, 0.4) is 0 Å². The van der Waals surface area contributed by atoms with E-state index >= 15 is 0 Å². The molecule has 9 amide bonds. The minimum atomic E-state index is -1.63. The van der Waals surface area contributed by atoms with Crippen LogP contribution in [0.5, 0.6) is 0 Å². The van der Waals surface area contributed by atoms with Crippen molar-refractivity contribution in [1.82, 2.24) is 57.8 Å². The second kappa shape index (κ2) is 41.4. The van der Waals surface area contributed by atoms with Crippen LogP contribution in [0.4, 0.5) is 0 Å². The lowest BCUT2D eigenvalue weighted by Gasteiger charge is -2.28. The summed E-state index contributed by atoms with van der Waals surface area (Å²) < 4.78 is 0.